The third kappa shape index (κ3) is 5.20. The minimum absolute atomic E-state index is 0.0432. The molecule has 0 aliphatic rings. The second kappa shape index (κ2) is 8.17. The van der Waals surface area contributed by atoms with Crippen molar-refractivity contribution in [1.29, 1.82) is 0 Å². The maximum Gasteiger partial charge on any atom is 0.219 e. The van der Waals surface area contributed by atoms with Gasteiger partial charge in [-0.15, -0.1) is 0 Å². The van der Waals surface area contributed by atoms with Crippen molar-refractivity contribution in [3.05, 3.63) is 28.2 Å². The molecule has 5 heteroatoms. The van der Waals surface area contributed by atoms with Gasteiger partial charge in [0.2, 0.25) is 5.91 Å². The fourth-order valence-electron chi connectivity index (χ4n) is 1.69. The van der Waals surface area contributed by atoms with Crippen molar-refractivity contribution >= 4 is 21.8 Å². The summed E-state index contributed by atoms with van der Waals surface area (Å²) in [7, 11) is 3.56. The molecular formula is C14H21BrN2O2. The van der Waals surface area contributed by atoms with E-state index in [1.165, 1.54) is 0 Å². The van der Waals surface area contributed by atoms with Crippen LogP contribution in [0.4, 0.5) is 0 Å². The third-order valence-corrected chi connectivity index (χ3v) is 3.45. The zero-order chi connectivity index (χ0) is 14.3. The van der Waals surface area contributed by atoms with E-state index < -0.39 is 0 Å². The minimum Gasteiger partial charge on any atom is -0.493 e. The van der Waals surface area contributed by atoms with Gasteiger partial charge in [0.1, 0.15) is 5.75 Å². The van der Waals surface area contributed by atoms with Crippen LogP contribution < -0.4 is 15.4 Å². The molecule has 2 N–H and O–H groups in total. The van der Waals surface area contributed by atoms with Gasteiger partial charge in [0.15, 0.2) is 0 Å². The molecular weight excluding hydrogens is 308 g/mol. The van der Waals surface area contributed by atoms with Gasteiger partial charge in [0.05, 0.1) is 6.61 Å². The smallest absolute Gasteiger partial charge is 0.219 e. The fraction of sp³-hybridized carbons (Fsp3) is 0.500. The van der Waals surface area contributed by atoms with Crippen LogP contribution in [0.25, 0.3) is 0 Å². The number of hydrogen-bond acceptors (Lipinski definition) is 3. The summed E-state index contributed by atoms with van der Waals surface area (Å²) in [5.41, 5.74) is 1.12. The van der Waals surface area contributed by atoms with Crippen LogP contribution in [0.3, 0.4) is 0 Å². The molecule has 1 atom stereocenters. The van der Waals surface area contributed by atoms with Crippen molar-refractivity contribution in [1.82, 2.24) is 10.6 Å². The Labute approximate surface area is 123 Å². The van der Waals surface area contributed by atoms with Crippen LogP contribution in [0.1, 0.15) is 31.4 Å². The predicted octanol–water partition coefficient (Wildman–Crippen LogP) is 2.63. The normalized spacial score (nSPS) is 12.0. The molecule has 0 aliphatic carbocycles. The molecule has 0 aliphatic heterocycles. The lowest BCUT2D eigenvalue weighted by atomic mass is 10.1. The van der Waals surface area contributed by atoms with E-state index in [0.717, 1.165) is 15.8 Å². The summed E-state index contributed by atoms with van der Waals surface area (Å²) < 4.78 is 6.77. The summed E-state index contributed by atoms with van der Waals surface area (Å²) in [6.45, 7) is 2.62. The Kier molecular flexibility index (Phi) is 6.87. The molecule has 0 radical (unpaired) electrons. The van der Waals surface area contributed by atoms with Gasteiger partial charge < -0.3 is 15.4 Å². The lowest BCUT2D eigenvalue weighted by Gasteiger charge is -2.17. The Morgan fingerprint density at radius 2 is 2.16 bits per heavy atom. The van der Waals surface area contributed by atoms with Crippen LogP contribution >= 0.6 is 15.9 Å². The minimum atomic E-state index is 0.0432. The standard InChI is InChI=1S/C14H21BrN2O2/c1-10(16-2)12-7-6-11(15)9-13(12)19-8-4-5-14(18)17-3/h6-7,9-10,16H,4-5,8H2,1-3H3,(H,17,18). The van der Waals surface area contributed by atoms with E-state index in [4.69, 9.17) is 4.74 Å². The number of rotatable bonds is 7. The van der Waals surface area contributed by atoms with E-state index in [1.54, 1.807) is 7.05 Å². The summed E-state index contributed by atoms with van der Waals surface area (Å²) in [6.07, 6.45) is 1.20. The van der Waals surface area contributed by atoms with Crippen molar-refractivity contribution in [2.24, 2.45) is 0 Å². The first-order valence-electron chi connectivity index (χ1n) is 6.38. The van der Waals surface area contributed by atoms with Gasteiger partial charge in [-0.3, -0.25) is 4.79 Å². The van der Waals surface area contributed by atoms with Gasteiger partial charge >= 0.3 is 0 Å². The van der Waals surface area contributed by atoms with Gasteiger partial charge in [-0.05, 0) is 32.5 Å². The first kappa shape index (κ1) is 16.0. The van der Waals surface area contributed by atoms with Gasteiger partial charge in [-0.2, -0.15) is 0 Å². The average molecular weight is 329 g/mol. The number of ether oxygens (including phenoxy) is 1. The topological polar surface area (TPSA) is 50.4 Å². The molecule has 0 saturated carbocycles. The Bertz CT molecular complexity index is 424. The molecule has 19 heavy (non-hydrogen) atoms. The number of carbonyl (C=O) groups excluding carboxylic acids is 1. The molecule has 1 aromatic rings. The fourth-order valence-corrected chi connectivity index (χ4v) is 2.03. The lowest BCUT2D eigenvalue weighted by Crippen LogP contribution is -2.18. The van der Waals surface area contributed by atoms with Crippen molar-refractivity contribution in [3.63, 3.8) is 0 Å². The highest BCUT2D eigenvalue weighted by Gasteiger charge is 2.10. The summed E-state index contributed by atoms with van der Waals surface area (Å²) in [5, 5.41) is 5.80. The van der Waals surface area contributed by atoms with Crippen LogP contribution in [0.5, 0.6) is 5.75 Å². The van der Waals surface area contributed by atoms with Gasteiger partial charge in [0, 0.05) is 29.5 Å². The van der Waals surface area contributed by atoms with Crippen molar-refractivity contribution in [2.45, 2.75) is 25.8 Å². The van der Waals surface area contributed by atoms with Crippen LogP contribution in [0.2, 0.25) is 0 Å². The lowest BCUT2D eigenvalue weighted by molar-refractivity contribution is -0.120. The van der Waals surface area contributed by atoms with E-state index in [-0.39, 0.29) is 11.9 Å². The summed E-state index contributed by atoms with van der Waals surface area (Å²) in [4.78, 5) is 11.1. The Balaban J connectivity index is 2.60. The predicted molar refractivity (Wildman–Crippen MR) is 80.4 cm³/mol. The first-order chi connectivity index (χ1) is 9.08. The van der Waals surface area contributed by atoms with Gasteiger partial charge in [0.25, 0.3) is 0 Å². The second-order valence-corrected chi connectivity index (χ2v) is 5.23. The number of halogens is 1. The largest absolute Gasteiger partial charge is 0.493 e. The van der Waals surface area contributed by atoms with Gasteiger partial charge in [-0.25, -0.2) is 0 Å². The molecule has 0 heterocycles. The van der Waals surface area contributed by atoms with Crippen molar-refractivity contribution in [3.8, 4) is 5.75 Å². The molecule has 1 aromatic carbocycles. The number of hydrogen-bond donors (Lipinski definition) is 2. The van der Waals surface area contributed by atoms with Crippen molar-refractivity contribution < 1.29 is 9.53 Å². The molecule has 0 fully saturated rings. The Morgan fingerprint density at radius 1 is 1.42 bits per heavy atom. The molecule has 1 unspecified atom stereocenters. The zero-order valence-electron chi connectivity index (χ0n) is 11.6. The maximum absolute atomic E-state index is 11.1. The Hall–Kier alpha value is -1.07. The zero-order valence-corrected chi connectivity index (χ0v) is 13.2. The molecule has 0 aromatic heterocycles. The molecule has 0 bridgehead atoms. The average Bonchev–Trinajstić information content (AvgIpc) is 2.42. The van der Waals surface area contributed by atoms with Crippen molar-refractivity contribution in [2.75, 3.05) is 20.7 Å². The highest BCUT2D eigenvalue weighted by Crippen LogP contribution is 2.28. The Morgan fingerprint density at radius 3 is 2.79 bits per heavy atom. The van der Waals surface area contributed by atoms with Gasteiger partial charge in [-0.1, -0.05) is 22.0 Å². The van der Waals surface area contributed by atoms with Crippen LogP contribution in [-0.2, 0) is 4.79 Å². The number of nitrogens with one attached hydrogen (secondary N) is 2. The summed E-state index contributed by atoms with van der Waals surface area (Å²) in [5.74, 6) is 0.898. The van der Waals surface area contributed by atoms with Crippen LogP contribution in [-0.4, -0.2) is 26.6 Å². The molecule has 106 valence electrons. The third-order valence-electron chi connectivity index (χ3n) is 2.96. The molecule has 0 saturated heterocycles. The monoisotopic (exact) mass is 328 g/mol. The summed E-state index contributed by atoms with van der Waals surface area (Å²) in [6, 6.07) is 6.23. The number of carbonyl (C=O) groups is 1. The maximum atomic E-state index is 11.1. The first-order valence-corrected chi connectivity index (χ1v) is 7.18. The molecule has 0 spiro atoms. The molecule has 1 rings (SSSR count). The summed E-state index contributed by atoms with van der Waals surface area (Å²) >= 11 is 3.45. The SMILES string of the molecule is CNC(=O)CCCOc1cc(Br)ccc1C(C)NC. The quantitative estimate of drug-likeness (QED) is 0.756. The highest BCUT2D eigenvalue weighted by atomic mass is 79.9. The van der Waals surface area contributed by atoms with E-state index in [0.29, 0.717) is 19.4 Å². The molecule has 1 amide bonds. The number of amides is 1. The number of benzene rings is 1. The second-order valence-electron chi connectivity index (χ2n) is 4.32. The van der Waals surface area contributed by atoms with E-state index in [9.17, 15) is 4.79 Å². The molecule has 4 nitrogen and oxygen atoms in total. The van der Waals surface area contributed by atoms with E-state index in [1.807, 2.05) is 25.2 Å². The van der Waals surface area contributed by atoms with Crippen LogP contribution in [0, 0.1) is 0 Å². The van der Waals surface area contributed by atoms with E-state index in [2.05, 4.69) is 33.5 Å². The highest BCUT2D eigenvalue weighted by molar-refractivity contribution is 9.10. The van der Waals surface area contributed by atoms with E-state index >= 15 is 0 Å². The van der Waals surface area contributed by atoms with Crippen LogP contribution in [0.15, 0.2) is 22.7 Å².